The molecule has 2 rings (SSSR count). The fourth-order valence-corrected chi connectivity index (χ4v) is 2.25. The molecule has 20 heavy (non-hydrogen) atoms. The first-order valence-electron chi connectivity index (χ1n) is 5.70. The fourth-order valence-electron chi connectivity index (χ4n) is 1.72. The summed E-state index contributed by atoms with van der Waals surface area (Å²) in [5.41, 5.74) is 7.05. The van der Waals surface area contributed by atoms with Crippen molar-refractivity contribution >= 4 is 40.5 Å². The summed E-state index contributed by atoms with van der Waals surface area (Å²) in [7, 11) is 1.47. The standard InChI is InChI=1S/C14H12Cl2N2O2/c1-20-13-7-10(17)2-3-12(13)14(19)18-11-5-8(15)4-9(16)6-11/h2-7H,17H2,1H3,(H,18,19). The summed E-state index contributed by atoms with van der Waals surface area (Å²) >= 11 is 11.8. The van der Waals surface area contributed by atoms with Crippen LogP contribution in [0.5, 0.6) is 5.75 Å². The first kappa shape index (κ1) is 14.5. The Kier molecular flexibility index (Phi) is 4.37. The summed E-state index contributed by atoms with van der Waals surface area (Å²) in [4.78, 5) is 12.2. The lowest BCUT2D eigenvalue weighted by Crippen LogP contribution is -2.13. The minimum atomic E-state index is -0.333. The molecule has 1 amide bonds. The summed E-state index contributed by atoms with van der Waals surface area (Å²) in [6, 6.07) is 9.60. The van der Waals surface area contributed by atoms with Gasteiger partial charge < -0.3 is 15.8 Å². The number of hydrogen-bond acceptors (Lipinski definition) is 3. The highest BCUT2D eigenvalue weighted by atomic mass is 35.5. The highest BCUT2D eigenvalue weighted by molar-refractivity contribution is 6.35. The molecule has 104 valence electrons. The van der Waals surface area contributed by atoms with Gasteiger partial charge in [-0.15, -0.1) is 0 Å². The molecule has 0 aliphatic carbocycles. The number of rotatable bonds is 3. The van der Waals surface area contributed by atoms with Crippen LogP contribution >= 0.6 is 23.2 Å². The van der Waals surface area contributed by atoms with Crippen molar-refractivity contribution in [2.45, 2.75) is 0 Å². The molecule has 3 N–H and O–H groups in total. The van der Waals surface area contributed by atoms with Gasteiger partial charge in [-0.25, -0.2) is 0 Å². The van der Waals surface area contributed by atoms with E-state index in [2.05, 4.69) is 5.32 Å². The van der Waals surface area contributed by atoms with Crippen LogP contribution in [0.2, 0.25) is 10.0 Å². The number of amides is 1. The normalized spacial score (nSPS) is 10.2. The fraction of sp³-hybridized carbons (Fsp3) is 0.0714. The van der Waals surface area contributed by atoms with Crippen LogP contribution in [-0.2, 0) is 0 Å². The minimum absolute atomic E-state index is 0.333. The summed E-state index contributed by atoms with van der Waals surface area (Å²) in [6.07, 6.45) is 0. The van der Waals surface area contributed by atoms with Crippen molar-refractivity contribution in [1.82, 2.24) is 0 Å². The molecule has 4 nitrogen and oxygen atoms in total. The molecule has 0 aliphatic heterocycles. The van der Waals surface area contributed by atoms with Gasteiger partial charge in [0.2, 0.25) is 0 Å². The predicted molar refractivity (Wildman–Crippen MR) is 81.8 cm³/mol. The SMILES string of the molecule is COc1cc(N)ccc1C(=O)Nc1cc(Cl)cc(Cl)c1. The monoisotopic (exact) mass is 310 g/mol. The number of ether oxygens (including phenoxy) is 1. The average Bonchev–Trinajstić information content (AvgIpc) is 2.37. The predicted octanol–water partition coefficient (Wildman–Crippen LogP) is 3.84. The van der Waals surface area contributed by atoms with E-state index in [0.717, 1.165) is 0 Å². The van der Waals surface area contributed by atoms with Crippen LogP contribution in [0, 0.1) is 0 Å². The molecule has 0 saturated heterocycles. The zero-order chi connectivity index (χ0) is 14.7. The number of carbonyl (C=O) groups is 1. The Morgan fingerprint density at radius 1 is 1.15 bits per heavy atom. The van der Waals surface area contributed by atoms with Gasteiger partial charge >= 0.3 is 0 Å². The Morgan fingerprint density at radius 3 is 2.40 bits per heavy atom. The van der Waals surface area contributed by atoms with Crippen LogP contribution in [0.1, 0.15) is 10.4 Å². The Balaban J connectivity index is 2.28. The van der Waals surface area contributed by atoms with E-state index in [1.807, 2.05) is 0 Å². The minimum Gasteiger partial charge on any atom is -0.496 e. The van der Waals surface area contributed by atoms with E-state index in [4.69, 9.17) is 33.7 Å². The lowest BCUT2D eigenvalue weighted by molar-refractivity contribution is 0.102. The number of anilines is 2. The van der Waals surface area contributed by atoms with E-state index in [1.54, 1.807) is 36.4 Å². The molecule has 0 aliphatic rings. The molecule has 0 atom stereocenters. The molecule has 0 radical (unpaired) electrons. The molecule has 0 spiro atoms. The molecule has 0 unspecified atom stereocenters. The van der Waals surface area contributed by atoms with Crippen LogP contribution in [0.15, 0.2) is 36.4 Å². The van der Waals surface area contributed by atoms with Gasteiger partial charge in [0.15, 0.2) is 0 Å². The molecule has 0 heterocycles. The lowest BCUT2D eigenvalue weighted by atomic mass is 10.1. The Morgan fingerprint density at radius 2 is 1.80 bits per heavy atom. The van der Waals surface area contributed by atoms with Crippen molar-refractivity contribution in [2.75, 3.05) is 18.2 Å². The van der Waals surface area contributed by atoms with Gasteiger partial charge in [0, 0.05) is 27.5 Å². The smallest absolute Gasteiger partial charge is 0.259 e. The second kappa shape index (κ2) is 6.03. The molecule has 0 fully saturated rings. The van der Waals surface area contributed by atoms with Gasteiger partial charge in [0.1, 0.15) is 5.75 Å². The van der Waals surface area contributed by atoms with Crippen molar-refractivity contribution in [2.24, 2.45) is 0 Å². The Hall–Kier alpha value is -1.91. The molecule has 2 aromatic rings. The van der Waals surface area contributed by atoms with E-state index in [-0.39, 0.29) is 5.91 Å². The third-order valence-corrected chi connectivity index (χ3v) is 3.03. The topological polar surface area (TPSA) is 64.3 Å². The zero-order valence-corrected chi connectivity index (χ0v) is 12.1. The van der Waals surface area contributed by atoms with Gasteiger partial charge in [-0.1, -0.05) is 23.2 Å². The molecule has 0 saturated carbocycles. The van der Waals surface area contributed by atoms with Gasteiger partial charge in [0.25, 0.3) is 5.91 Å². The average molecular weight is 311 g/mol. The summed E-state index contributed by atoms with van der Waals surface area (Å²) in [6.45, 7) is 0. The molecular weight excluding hydrogens is 299 g/mol. The van der Waals surface area contributed by atoms with Gasteiger partial charge in [-0.05, 0) is 30.3 Å². The number of carbonyl (C=O) groups excluding carboxylic acids is 1. The first-order chi connectivity index (χ1) is 9.49. The molecule has 2 aromatic carbocycles. The number of nitrogens with two attached hydrogens (primary N) is 1. The van der Waals surface area contributed by atoms with Crippen molar-refractivity contribution < 1.29 is 9.53 Å². The number of nitrogens with one attached hydrogen (secondary N) is 1. The molecule has 0 aromatic heterocycles. The second-order valence-corrected chi connectivity index (χ2v) is 4.94. The number of methoxy groups -OCH3 is 1. The molecule has 0 bridgehead atoms. The van der Waals surface area contributed by atoms with Gasteiger partial charge in [-0.2, -0.15) is 0 Å². The third kappa shape index (κ3) is 3.35. The number of nitrogen functional groups attached to an aromatic ring is 1. The Labute approximate surface area is 126 Å². The Bertz CT molecular complexity index is 639. The van der Waals surface area contributed by atoms with Crippen molar-refractivity contribution in [1.29, 1.82) is 0 Å². The highest BCUT2D eigenvalue weighted by Gasteiger charge is 2.13. The quantitative estimate of drug-likeness (QED) is 0.847. The van der Waals surface area contributed by atoms with Crippen LogP contribution < -0.4 is 15.8 Å². The summed E-state index contributed by atoms with van der Waals surface area (Å²) < 4.78 is 5.14. The first-order valence-corrected chi connectivity index (χ1v) is 6.46. The maximum absolute atomic E-state index is 12.2. The largest absolute Gasteiger partial charge is 0.496 e. The zero-order valence-electron chi connectivity index (χ0n) is 10.6. The van der Waals surface area contributed by atoms with Crippen LogP contribution in [-0.4, -0.2) is 13.0 Å². The number of benzene rings is 2. The van der Waals surface area contributed by atoms with Crippen LogP contribution in [0.3, 0.4) is 0 Å². The third-order valence-electron chi connectivity index (χ3n) is 2.59. The summed E-state index contributed by atoms with van der Waals surface area (Å²) in [5, 5.41) is 3.59. The van der Waals surface area contributed by atoms with E-state index in [1.165, 1.54) is 7.11 Å². The maximum atomic E-state index is 12.2. The van der Waals surface area contributed by atoms with Crippen molar-refractivity contribution in [3.8, 4) is 5.75 Å². The van der Waals surface area contributed by atoms with Gasteiger partial charge in [0.05, 0.1) is 12.7 Å². The van der Waals surface area contributed by atoms with E-state index in [9.17, 15) is 4.79 Å². The highest BCUT2D eigenvalue weighted by Crippen LogP contribution is 2.25. The lowest BCUT2D eigenvalue weighted by Gasteiger charge is -2.10. The van der Waals surface area contributed by atoms with Crippen molar-refractivity contribution in [3.05, 3.63) is 52.0 Å². The number of halogens is 2. The van der Waals surface area contributed by atoms with E-state index in [0.29, 0.717) is 32.7 Å². The van der Waals surface area contributed by atoms with E-state index >= 15 is 0 Å². The maximum Gasteiger partial charge on any atom is 0.259 e. The number of hydrogen-bond donors (Lipinski definition) is 2. The van der Waals surface area contributed by atoms with Crippen LogP contribution in [0.4, 0.5) is 11.4 Å². The van der Waals surface area contributed by atoms with Crippen LogP contribution in [0.25, 0.3) is 0 Å². The second-order valence-electron chi connectivity index (χ2n) is 4.07. The van der Waals surface area contributed by atoms with Crippen molar-refractivity contribution in [3.63, 3.8) is 0 Å². The molecular formula is C14H12Cl2N2O2. The summed E-state index contributed by atoms with van der Waals surface area (Å²) in [5.74, 6) is 0.0656. The van der Waals surface area contributed by atoms with E-state index < -0.39 is 0 Å². The molecule has 6 heteroatoms. The van der Waals surface area contributed by atoms with Gasteiger partial charge in [-0.3, -0.25) is 4.79 Å².